The number of carbonyl (C=O) groups excluding carboxylic acids is 2. The maximum Gasteiger partial charge on any atom is 0.311 e. The van der Waals surface area contributed by atoms with Gasteiger partial charge in [-0.25, -0.2) is 0 Å². The lowest BCUT2D eigenvalue weighted by Gasteiger charge is -2.43. The van der Waals surface area contributed by atoms with Gasteiger partial charge in [0.15, 0.2) is 0 Å². The van der Waals surface area contributed by atoms with E-state index in [1.165, 1.54) is 25.3 Å². The van der Waals surface area contributed by atoms with Gasteiger partial charge in [-0.05, 0) is 43.2 Å². The molecule has 0 radical (unpaired) electrons. The van der Waals surface area contributed by atoms with Crippen molar-refractivity contribution in [1.82, 2.24) is 0 Å². The zero-order valence-corrected chi connectivity index (χ0v) is 20.4. The molecular formula is C28H38O4. The van der Waals surface area contributed by atoms with Crippen molar-refractivity contribution in [2.45, 2.75) is 58.8 Å². The summed E-state index contributed by atoms with van der Waals surface area (Å²) in [6, 6.07) is 20.8. The molecule has 3 unspecified atom stereocenters. The smallest absolute Gasteiger partial charge is 0.311 e. The number of esters is 2. The summed E-state index contributed by atoms with van der Waals surface area (Å²) in [5, 5.41) is 0. The summed E-state index contributed by atoms with van der Waals surface area (Å²) >= 11 is 0. The quantitative estimate of drug-likeness (QED) is 0.393. The number of carbonyl (C=O) groups is 2. The average Bonchev–Trinajstić information content (AvgIpc) is 2.83. The third kappa shape index (κ3) is 5.79. The molecule has 174 valence electrons. The van der Waals surface area contributed by atoms with E-state index in [1.54, 1.807) is 0 Å². The van der Waals surface area contributed by atoms with Crippen LogP contribution in [0.5, 0.6) is 0 Å². The normalized spacial score (nSPS) is 15.3. The lowest BCUT2D eigenvalue weighted by atomic mass is 9.60. The topological polar surface area (TPSA) is 52.6 Å². The molecule has 0 aliphatic heterocycles. The molecule has 2 rings (SSSR count). The molecule has 0 saturated heterocycles. The first-order chi connectivity index (χ1) is 15.2. The molecule has 4 nitrogen and oxygen atoms in total. The summed E-state index contributed by atoms with van der Waals surface area (Å²) in [6.07, 6.45) is 2.81. The Bertz CT molecular complexity index is 822. The number of rotatable bonds is 11. The van der Waals surface area contributed by atoms with Gasteiger partial charge in [0.05, 0.1) is 25.6 Å². The fourth-order valence-corrected chi connectivity index (χ4v) is 5.03. The molecule has 3 atom stereocenters. The Balaban J connectivity index is 2.70. The van der Waals surface area contributed by atoms with Crippen molar-refractivity contribution in [1.29, 1.82) is 0 Å². The van der Waals surface area contributed by atoms with Crippen LogP contribution in [0, 0.1) is 17.3 Å². The summed E-state index contributed by atoms with van der Waals surface area (Å²) in [6.45, 7) is 8.20. The van der Waals surface area contributed by atoms with Gasteiger partial charge in [-0.3, -0.25) is 9.59 Å². The number of benzene rings is 2. The van der Waals surface area contributed by atoms with Crippen LogP contribution in [-0.2, 0) is 24.5 Å². The second kappa shape index (κ2) is 11.3. The van der Waals surface area contributed by atoms with Gasteiger partial charge in [0.1, 0.15) is 0 Å². The van der Waals surface area contributed by atoms with Gasteiger partial charge in [0.25, 0.3) is 0 Å². The number of ether oxygens (including phenoxy) is 2. The minimum atomic E-state index is -0.874. The Morgan fingerprint density at radius 2 is 1.34 bits per heavy atom. The monoisotopic (exact) mass is 438 g/mol. The Labute approximate surface area is 193 Å². The van der Waals surface area contributed by atoms with Gasteiger partial charge in [-0.2, -0.15) is 0 Å². The van der Waals surface area contributed by atoms with E-state index < -0.39 is 16.7 Å². The van der Waals surface area contributed by atoms with Crippen molar-refractivity contribution in [2.75, 3.05) is 14.2 Å². The molecule has 0 saturated carbocycles. The van der Waals surface area contributed by atoms with Crippen molar-refractivity contribution in [3.05, 3.63) is 71.8 Å². The van der Waals surface area contributed by atoms with E-state index in [-0.39, 0.29) is 11.9 Å². The molecular weight excluding hydrogens is 400 g/mol. The summed E-state index contributed by atoms with van der Waals surface area (Å²) in [5.41, 5.74) is 1.07. The van der Waals surface area contributed by atoms with Gasteiger partial charge in [0, 0.05) is 5.41 Å². The molecule has 2 aromatic carbocycles. The lowest BCUT2D eigenvalue weighted by molar-refractivity contribution is -0.156. The number of hydrogen-bond donors (Lipinski definition) is 0. The summed E-state index contributed by atoms with van der Waals surface area (Å²) in [5.74, 6) is -0.590. The van der Waals surface area contributed by atoms with E-state index in [2.05, 4.69) is 62.4 Å². The standard InChI is InChI=1S/C28H38O4/c1-7-21(2)18-28(23-14-10-8-11-15-23,24-16-12-9-13-17-24)20-27(4,26(30)32-6)19-22(3)25(29)31-5/h8-17,21-22H,7,18-20H2,1-6H3. The van der Waals surface area contributed by atoms with Crippen LogP contribution in [0.2, 0.25) is 0 Å². The fourth-order valence-electron chi connectivity index (χ4n) is 5.03. The molecule has 0 aromatic heterocycles. The van der Waals surface area contributed by atoms with Crippen molar-refractivity contribution in [3.8, 4) is 0 Å². The minimum Gasteiger partial charge on any atom is -0.469 e. The van der Waals surface area contributed by atoms with Gasteiger partial charge < -0.3 is 9.47 Å². The molecule has 2 aromatic rings. The molecule has 0 fully saturated rings. The first kappa shape index (κ1) is 25.6. The maximum atomic E-state index is 13.2. The van der Waals surface area contributed by atoms with Crippen molar-refractivity contribution < 1.29 is 19.1 Å². The van der Waals surface area contributed by atoms with E-state index in [1.807, 2.05) is 26.0 Å². The highest BCUT2D eigenvalue weighted by atomic mass is 16.5. The first-order valence-corrected chi connectivity index (χ1v) is 11.5. The molecule has 4 heteroatoms. The fraction of sp³-hybridized carbons (Fsp3) is 0.500. The highest BCUT2D eigenvalue weighted by Crippen LogP contribution is 2.49. The van der Waals surface area contributed by atoms with E-state index in [0.29, 0.717) is 18.8 Å². The zero-order valence-electron chi connectivity index (χ0n) is 20.4. The van der Waals surface area contributed by atoms with Crippen LogP contribution in [0.15, 0.2) is 60.7 Å². The molecule has 0 bridgehead atoms. The summed E-state index contributed by atoms with van der Waals surface area (Å²) in [4.78, 5) is 25.5. The molecule has 0 N–H and O–H groups in total. The largest absolute Gasteiger partial charge is 0.469 e. The maximum absolute atomic E-state index is 13.2. The van der Waals surface area contributed by atoms with Crippen LogP contribution in [0.25, 0.3) is 0 Å². The Morgan fingerprint density at radius 1 is 0.844 bits per heavy atom. The molecule has 0 aliphatic rings. The number of methoxy groups -OCH3 is 2. The van der Waals surface area contributed by atoms with Gasteiger partial charge in [0.2, 0.25) is 0 Å². The van der Waals surface area contributed by atoms with E-state index >= 15 is 0 Å². The summed E-state index contributed by atoms with van der Waals surface area (Å²) < 4.78 is 10.2. The molecule has 0 aliphatic carbocycles. The van der Waals surface area contributed by atoms with Crippen LogP contribution in [0.1, 0.15) is 64.5 Å². The van der Waals surface area contributed by atoms with E-state index in [9.17, 15) is 9.59 Å². The lowest BCUT2D eigenvalue weighted by Crippen LogP contribution is -2.42. The molecule has 0 spiro atoms. The second-order valence-corrected chi connectivity index (χ2v) is 9.39. The third-order valence-electron chi connectivity index (χ3n) is 6.78. The Hall–Kier alpha value is -2.62. The number of hydrogen-bond acceptors (Lipinski definition) is 4. The molecule has 0 amide bonds. The van der Waals surface area contributed by atoms with Gasteiger partial charge in [-0.15, -0.1) is 0 Å². The van der Waals surface area contributed by atoms with Crippen molar-refractivity contribution >= 4 is 11.9 Å². The first-order valence-electron chi connectivity index (χ1n) is 11.5. The highest BCUT2D eigenvalue weighted by Gasteiger charge is 2.47. The van der Waals surface area contributed by atoms with E-state index in [0.717, 1.165) is 12.8 Å². The van der Waals surface area contributed by atoms with Crippen LogP contribution in [0.4, 0.5) is 0 Å². The van der Waals surface area contributed by atoms with Crippen LogP contribution in [0.3, 0.4) is 0 Å². The summed E-state index contributed by atoms with van der Waals surface area (Å²) in [7, 11) is 2.81. The van der Waals surface area contributed by atoms with Crippen molar-refractivity contribution in [2.24, 2.45) is 17.3 Å². The predicted octanol–water partition coefficient (Wildman–Crippen LogP) is 6.18. The van der Waals surface area contributed by atoms with Crippen molar-refractivity contribution in [3.63, 3.8) is 0 Å². The van der Waals surface area contributed by atoms with Gasteiger partial charge >= 0.3 is 11.9 Å². The SMILES string of the molecule is CCC(C)CC(CC(C)(CC(C)C(=O)OC)C(=O)OC)(c1ccccc1)c1ccccc1. The molecule has 32 heavy (non-hydrogen) atoms. The van der Waals surface area contributed by atoms with Gasteiger partial charge in [-0.1, -0.05) is 87.9 Å². The average molecular weight is 439 g/mol. The van der Waals surface area contributed by atoms with Crippen LogP contribution >= 0.6 is 0 Å². The Morgan fingerprint density at radius 3 is 1.75 bits per heavy atom. The zero-order chi connectivity index (χ0) is 23.8. The predicted molar refractivity (Wildman–Crippen MR) is 128 cm³/mol. The van der Waals surface area contributed by atoms with Crippen LogP contribution in [-0.4, -0.2) is 26.2 Å². The highest BCUT2D eigenvalue weighted by molar-refractivity contribution is 5.79. The van der Waals surface area contributed by atoms with Crippen LogP contribution < -0.4 is 0 Å². The second-order valence-electron chi connectivity index (χ2n) is 9.39. The third-order valence-corrected chi connectivity index (χ3v) is 6.78. The minimum absolute atomic E-state index is 0.298. The molecule has 0 heterocycles. The Kier molecular flexibility index (Phi) is 9.06. The van der Waals surface area contributed by atoms with E-state index in [4.69, 9.17) is 9.47 Å².